The number of benzene rings is 1. The Kier molecular flexibility index (Phi) is 5.07. The topological polar surface area (TPSA) is 85.8 Å². The highest BCUT2D eigenvalue weighted by atomic mass is 79.9. The highest BCUT2D eigenvalue weighted by Crippen LogP contribution is 2.29. The maximum Gasteiger partial charge on any atom is 0.416 e. The summed E-state index contributed by atoms with van der Waals surface area (Å²) < 4.78 is 45.2. The second kappa shape index (κ2) is 7.28. The van der Waals surface area contributed by atoms with Crippen LogP contribution in [0.15, 0.2) is 45.7 Å². The molecule has 0 atom stereocenters. The zero-order chi connectivity index (χ0) is 18.7. The van der Waals surface area contributed by atoms with Crippen molar-refractivity contribution in [1.82, 2.24) is 25.2 Å². The lowest BCUT2D eigenvalue weighted by molar-refractivity contribution is -0.137. The van der Waals surface area contributed by atoms with E-state index in [9.17, 15) is 18.0 Å². The number of amides is 1. The van der Waals surface area contributed by atoms with Gasteiger partial charge in [0.05, 0.1) is 16.2 Å². The third-order valence-corrected chi connectivity index (χ3v) is 3.68. The monoisotopic (exact) mass is 429 g/mol. The normalized spacial score (nSPS) is 11.5. The Morgan fingerprint density at radius 3 is 2.85 bits per heavy atom. The van der Waals surface area contributed by atoms with Gasteiger partial charge >= 0.3 is 18.0 Å². The molecule has 0 spiro atoms. The minimum Gasteiger partial charge on any atom is -0.344 e. The molecule has 0 saturated carbocycles. The third-order valence-electron chi connectivity index (χ3n) is 3.27. The average Bonchev–Trinajstić information content (AvgIpc) is 3.22. The zero-order valence-electron chi connectivity index (χ0n) is 13.0. The predicted molar refractivity (Wildman–Crippen MR) is 85.9 cm³/mol. The number of hydrogen-bond donors (Lipinski definition) is 1. The van der Waals surface area contributed by atoms with E-state index in [1.807, 2.05) is 0 Å². The van der Waals surface area contributed by atoms with Crippen LogP contribution >= 0.6 is 15.9 Å². The second-order valence-electron chi connectivity index (χ2n) is 5.25. The summed E-state index contributed by atoms with van der Waals surface area (Å²) in [4.78, 5) is 15.9. The van der Waals surface area contributed by atoms with Crippen molar-refractivity contribution in [1.29, 1.82) is 0 Å². The molecule has 0 saturated heterocycles. The molecule has 26 heavy (non-hydrogen) atoms. The lowest BCUT2D eigenvalue weighted by atomic mass is 10.1. The van der Waals surface area contributed by atoms with Gasteiger partial charge in [0.1, 0.15) is 6.54 Å². The van der Waals surface area contributed by atoms with Crippen LogP contribution < -0.4 is 5.32 Å². The van der Waals surface area contributed by atoms with Crippen LogP contribution in [-0.2, 0) is 19.3 Å². The van der Waals surface area contributed by atoms with E-state index in [0.717, 1.165) is 16.6 Å². The Morgan fingerprint density at radius 2 is 2.15 bits per heavy atom. The Morgan fingerprint density at radius 1 is 1.35 bits per heavy atom. The quantitative estimate of drug-likeness (QED) is 0.673. The third kappa shape index (κ3) is 4.48. The van der Waals surface area contributed by atoms with E-state index in [2.05, 4.69) is 36.5 Å². The van der Waals surface area contributed by atoms with Crippen molar-refractivity contribution in [3.05, 3.63) is 64.0 Å². The molecule has 1 N–H and O–H groups in total. The van der Waals surface area contributed by atoms with Crippen LogP contribution in [0, 0.1) is 0 Å². The van der Waals surface area contributed by atoms with Crippen molar-refractivity contribution in [2.24, 2.45) is 0 Å². The number of aromatic nitrogens is 4. The van der Waals surface area contributed by atoms with Crippen LogP contribution in [0.5, 0.6) is 0 Å². The van der Waals surface area contributed by atoms with Gasteiger partial charge in [-0.05, 0) is 33.6 Å². The number of halogens is 4. The molecule has 11 heteroatoms. The van der Waals surface area contributed by atoms with Gasteiger partial charge in [-0.3, -0.25) is 9.48 Å². The molecule has 1 aromatic carbocycles. The number of nitrogens with one attached hydrogen (secondary N) is 1. The molecule has 3 aromatic rings. The molecule has 1 amide bonds. The van der Waals surface area contributed by atoms with Crippen LogP contribution in [0.25, 0.3) is 0 Å². The van der Waals surface area contributed by atoms with E-state index < -0.39 is 17.6 Å². The van der Waals surface area contributed by atoms with E-state index in [4.69, 9.17) is 4.52 Å². The summed E-state index contributed by atoms with van der Waals surface area (Å²) in [6.07, 6.45) is -1.16. The van der Waals surface area contributed by atoms with Gasteiger partial charge in [-0.1, -0.05) is 17.3 Å². The Hall–Kier alpha value is -2.69. The van der Waals surface area contributed by atoms with Gasteiger partial charge in [0.25, 0.3) is 0 Å². The molecule has 0 aliphatic heterocycles. The molecular weight excluding hydrogens is 419 g/mol. The number of rotatable bonds is 5. The zero-order valence-corrected chi connectivity index (χ0v) is 14.6. The van der Waals surface area contributed by atoms with Gasteiger partial charge in [0, 0.05) is 12.7 Å². The molecule has 2 heterocycles. The van der Waals surface area contributed by atoms with Crippen molar-refractivity contribution >= 4 is 21.8 Å². The van der Waals surface area contributed by atoms with Gasteiger partial charge in [-0.15, -0.1) is 0 Å². The maximum absolute atomic E-state index is 12.7. The summed E-state index contributed by atoms with van der Waals surface area (Å²) in [5.74, 6) is -0.717. The fourth-order valence-corrected chi connectivity index (χ4v) is 2.42. The van der Waals surface area contributed by atoms with Crippen LogP contribution in [0.4, 0.5) is 13.2 Å². The first-order chi connectivity index (χ1) is 12.3. The van der Waals surface area contributed by atoms with E-state index in [1.165, 1.54) is 12.1 Å². The van der Waals surface area contributed by atoms with Crippen molar-refractivity contribution < 1.29 is 22.5 Å². The molecule has 136 valence electrons. The lowest BCUT2D eigenvalue weighted by Gasteiger charge is -2.08. The van der Waals surface area contributed by atoms with Crippen molar-refractivity contribution in [3.63, 3.8) is 0 Å². The number of carbonyl (C=O) groups excluding carboxylic acids is 1. The van der Waals surface area contributed by atoms with Crippen LogP contribution in [0.2, 0.25) is 0 Å². The summed E-state index contributed by atoms with van der Waals surface area (Å²) >= 11 is 3.25. The molecule has 0 radical (unpaired) electrons. The predicted octanol–water partition coefficient (Wildman–Crippen LogP) is 3.03. The van der Waals surface area contributed by atoms with E-state index in [0.29, 0.717) is 5.56 Å². The van der Waals surface area contributed by atoms with Crippen molar-refractivity contribution in [2.75, 3.05) is 0 Å². The van der Waals surface area contributed by atoms with Gasteiger partial charge in [-0.25, -0.2) is 0 Å². The van der Waals surface area contributed by atoms with E-state index in [-0.39, 0.29) is 24.8 Å². The number of alkyl halides is 3. The van der Waals surface area contributed by atoms with Crippen LogP contribution in [0.3, 0.4) is 0 Å². The molecule has 0 aliphatic carbocycles. The summed E-state index contributed by atoms with van der Waals surface area (Å²) in [5.41, 5.74) is -0.482. The number of nitrogens with zero attached hydrogens (tertiary/aromatic N) is 4. The molecule has 3 rings (SSSR count). The van der Waals surface area contributed by atoms with E-state index in [1.54, 1.807) is 17.1 Å². The Balaban J connectivity index is 1.60. The van der Waals surface area contributed by atoms with Crippen LogP contribution in [0.1, 0.15) is 27.6 Å². The minimum atomic E-state index is -4.44. The molecule has 0 unspecified atom stereocenters. The molecule has 0 bridgehead atoms. The fourth-order valence-electron chi connectivity index (χ4n) is 2.10. The number of hydrogen-bond acceptors (Lipinski definition) is 5. The number of carbonyl (C=O) groups is 1. The molecule has 0 aliphatic rings. The van der Waals surface area contributed by atoms with E-state index >= 15 is 0 Å². The fraction of sp³-hybridized carbons (Fsp3) is 0.200. The van der Waals surface area contributed by atoms with Crippen molar-refractivity contribution in [2.45, 2.75) is 19.3 Å². The smallest absolute Gasteiger partial charge is 0.344 e. The summed E-state index contributed by atoms with van der Waals surface area (Å²) in [7, 11) is 0. The van der Waals surface area contributed by atoms with Crippen molar-refractivity contribution in [3.8, 4) is 0 Å². The van der Waals surface area contributed by atoms with Gasteiger partial charge in [0.2, 0.25) is 0 Å². The molecule has 0 fully saturated rings. The highest BCUT2D eigenvalue weighted by molar-refractivity contribution is 9.10. The minimum absolute atomic E-state index is 0.105. The van der Waals surface area contributed by atoms with Gasteiger partial charge in [-0.2, -0.15) is 23.3 Å². The molecule has 7 nitrogen and oxygen atoms in total. The Bertz CT molecular complexity index is 922. The van der Waals surface area contributed by atoms with Gasteiger partial charge in [0.15, 0.2) is 5.82 Å². The maximum atomic E-state index is 12.7. The first-order valence-corrected chi connectivity index (χ1v) is 8.05. The average molecular weight is 430 g/mol. The van der Waals surface area contributed by atoms with Gasteiger partial charge < -0.3 is 9.84 Å². The largest absolute Gasteiger partial charge is 0.416 e. The lowest BCUT2D eigenvalue weighted by Crippen LogP contribution is -2.23. The molecular formula is C15H11BrF3N5O2. The first kappa shape index (κ1) is 18.1. The highest BCUT2D eigenvalue weighted by Gasteiger charge is 2.30. The summed E-state index contributed by atoms with van der Waals surface area (Å²) in [6.45, 7) is 0.0998. The summed E-state index contributed by atoms with van der Waals surface area (Å²) in [6, 6.07) is 4.68. The summed E-state index contributed by atoms with van der Waals surface area (Å²) in [5, 5.41) is 10.1. The Labute approximate surface area is 153 Å². The molecule has 2 aromatic heterocycles. The standard InChI is InChI=1S/C15H11BrF3N5O2/c16-11-6-21-24(7-11)8-12-22-14(26-23-12)13(25)20-5-9-2-1-3-10(4-9)15(17,18)19/h1-4,6-7H,5,8H2,(H,20,25). The van der Waals surface area contributed by atoms with Crippen LogP contribution in [-0.4, -0.2) is 25.8 Å². The first-order valence-electron chi connectivity index (χ1n) is 7.26. The second-order valence-corrected chi connectivity index (χ2v) is 6.17. The SMILES string of the molecule is O=C(NCc1cccc(C(F)(F)F)c1)c1nc(Cn2cc(Br)cn2)no1.